The molecule has 134 valence electrons. The average molecular weight is 336 g/mol. The van der Waals surface area contributed by atoms with E-state index in [4.69, 9.17) is 9.05 Å². The van der Waals surface area contributed by atoms with Crippen LogP contribution in [-0.2, 0) is 13.6 Å². The van der Waals surface area contributed by atoms with Gasteiger partial charge in [0.25, 0.3) is 0 Å². The molecule has 0 aliphatic heterocycles. The number of phosphoric ester groups is 1. The minimum absolute atomic E-state index is 0.313. The quantitative estimate of drug-likeness (QED) is 0.274. The van der Waals surface area contributed by atoms with E-state index in [1.165, 1.54) is 32.1 Å². The van der Waals surface area contributed by atoms with Gasteiger partial charge in [-0.3, -0.25) is 9.05 Å². The Balaban J connectivity index is 3.65. The van der Waals surface area contributed by atoms with E-state index in [1.54, 1.807) is 0 Å². The fourth-order valence-corrected chi connectivity index (χ4v) is 3.21. The first-order chi connectivity index (χ1) is 10.6. The summed E-state index contributed by atoms with van der Waals surface area (Å²) in [5.74, 6) is 0.350. The molecule has 0 aromatic rings. The fourth-order valence-electron chi connectivity index (χ4n) is 2.37. The third-order valence-electron chi connectivity index (χ3n) is 4.02. The zero-order valence-electron chi connectivity index (χ0n) is 14.9. The first-order valence-corrected chi connectivity index (χ1v) is 10.7. The number of hydrogen-bond donors (Lipinski definition) is 1. The van der Waals surface area contributed by atoms with Crippen molar-refractivity contribution < 1.29 is 18.5 Å². The van der Waals surface area contributed by atoms with Crippen molar-refractivity contribution in [1.82, 2.24) is 0 Å². The summed E-state index contributed by atoms with van der Waals surface area (Å²) < 4.78 is 22.0. The monoisotopic (exact) mass is 336 g/mol. The van der Waals surface area contributed by atoms with Crippen LogP contribution >= 0.6 is 7.82 Å². The van der Waals surface area contributed by atoms with E-state index in [-0.39, 0.29) is 0 Å². The lowest BCUT2D eigenvalue weighted by atomic mass is 10.0. The molecule has 0 heterocycles. The topological polar surface area (TPSA) is 55.8 Å². The highest BCUT2D eigenvalue weighted by Gasteiger charge is 2.22. The Hall–Kier alpha value is 0.110. The molecule has 0 bridgehead atoms. The van der Waals surface area contributed by atoms with Gasteiger partial charge in [-0.15, -0.1) is 0 Å². The van der Waals surface area contributed by atoms with E-state index in [1.807, 2.05) is 0 Å². The highest BCUT2D eigenvalue weighted by molar-refractivity contribution is 7.47. The second-order valence-corrected chi connectivity index (χ2v) is 7.59. The van der Waals surface area contributed by atoms with Crippen LogP contribution in [0.2, 0.25) is 0 Å². The van der Waals surface area contributed by atoms with Gasteiger partial charge in [-0.05, 0) is 18.8 Å². The molecule has 22 heavy (non-hydrogen) atoms. The summed E-state index contributed by atoms with van der Waals surface area (Å²) in [5, 5.41) is 0. The van der Waals surface area contributed by atoms with Crippen LogP contribution in [0.15, 0.2) is 0 Å². The zero-order valence-corrected chi connectivity index (χ0v) is 15.8. The minimum atomic E-state index is -3.86. The Labute approximate surface area is 137 Å². The van der Waals surface area contributed by atoms with Crippen LogP contribution in [-0.4, -0.2) is 18.1 Å². The Morgan fingerprint density at radius 2 is 1.45 bits per heavy atom. The van der Waals surface area contributed by atoms with Crippen molar-refractivity contribution in [3.63, 3.8) is 0 Å². The summed E-state index contributed by atoms with van der Waals surface area (Å²) in [5.41, 5.74) is 0. The first kappa shape index (κ1) is 22.1. The standard InChI is InChI=1S/C17H37O4P/c1-4-7-9-10-11-12-13-15-20-22(18,19)21-16-17(6-3)14-8-5-2/h17H,4-16H2,1-3H3,(H,18,19). The molecule has 0 aliphatic rings. The molecular formula is C17H37O4P. The maximum atomic E-state index is 11.8. The van der Waals surface area contributed by atoms with E-state index >= 15 is 0 Å². The predicted molar refractivity (Wildman–Crippen MR) is 93.0 cm³/mol. The lowest BCUT2D eigenvalue weighted by Gasteiger charge is -2.17. The minimum Gasteiger partial charge on any atom is -0.302 e. The van der Waals surface area contributed by atoms with Crippen molar-refractivity contribution >= 4 is 7.82 Å². The zero-order chi connectivity index (χ0) is 16.7. The smallest absolute Gasteiger partial charge is 0.302 e. The third kappa shape index (κ3) is 13.8. The van der Waals surface area contributed by atoms with Gasteiger partial charge < -0.3 is 4.89 Å². The summed E-state index contributed by atoms with van der Waals surface area (Å²) in [6.07, 6.45) is 12.4. The molecule has 0 saturated heterocycles. The summed E-state index contributed by atoms with van der Waals surface area (Å²) >= 11 is 0. The van der Waals surface area contributed by atoms with Gasteiger partial charge in [-0.1, -0.05) is 78.6 Å². The Morgan fingerprint density at radius 3 is 2.05 bits per heavy atom. The van der Waals surface area contributed by atoms with Crippen LogP contribution in [0.3, 0.4) is 0 Å². The van der Waals surface area contributed by atoms with Crippen molar-refractivity contribution in [3.8, 4) is 0 Å². The van der Waals surface area contributed by atoms with E-state index in [2.05, 4.69) is 20.8 Å². The largest absolute Gasteiger partial charge is 0.472 e. The van der Waals surface area contributed by atoms with Crippen molar-refractivity contribution in [1.29, 1.82) is 0 Å². The van der Waals surface area contributed by atoms with Crippen LogP contribution in [0.5, 0.6) is 0 Å². The van der Waals surface area contributed by atoms with E-state index in [9.17, 15) is 9.46 Å². The normalized spacial score (nSPS) is 15.6. The van der Waals surface area contributed by atoms with Crippen LogP contribution in [0, 0.1) is 5.92 Å². The van der Waals surface area contributed by atoms with Crippen molar-refractivity contribution in [2.24, 2.45) is 5.92 Å². The molecule has 5 heteroatoms. The first-order valence-electron chi connectivity index (χ1n) is 9.17. The Kier molecular flexibility index (Phi) is 14.8. The maximum Gasteiger partial charge on any atom is 0.472 e. The molecule has 1 N–H and O–H groups in total. The van der Waals surface area contributed by atoms with Crippen LogP contribution in [0.4, 0.5) is 0 Å². The van der Waals surface area contributed by atoms with Gasteiger partial charge >= 0.3 is 7.82 Å². The van der Waals surface area contributed by atoms with Crippen molar-refractivity contribution in [2.45, 2.75) is 91.4 Å². The molecule has 4 nitrogen and oxygen atoms in total. The van der Waals surface area contributed by atoms with Crippen LogP contribution in [0.25, 0.3) is 0 Å². The summed E-state index contributed by atoms with van der Waals surface area (Å²) in [6, 6.07) is 0. The van der Waals surface area contributed by atoms with Gasteiger partial charge in [-0.2, -0.15) is 0 Å². The van der Waals surface area contributed by atoms with E-state index in [0.717, 1.165) is 38.5 Å². The van der Waals surface area contributed by atoms with Crippen molar-refractivity contribution in [2.75, 3.05) is 13.2 Å². The van der Waals surface area contributed by atoms with E-state index < -0.39 is 7.82 Å². The molecule has 0 aromatic carbocycles. The van der Waals surface area contributed by atoms with Crippen LogP contribution < -0.4 is 0 Å². The summed E-state index contributed by atoms with van der Waals surface area (Å²) in [6.45, 7) is 7.08. The van der Waals surface area contributed by atoms with Gasteiger partial charge in [0.2, 0.25) is 0 Å². The molecule has 0 amide bonds. The molecule has 0 fully saturated rings. The SMILES string of the molecule is CCCCCCCCCOP(=O)(O)OCC(CC)CCCC. The Morgan fingerprint density at radius 1 is 0.864 bits per heavy atom. The highest BCUT2D eigenvalue weighted by atomic mass is 31.2. The predicted octanol–water partition coefficient (Wildman–Crippen LogP) is 6.09. The molecular weight excluding hydrogens is 299 g/mol. The Bertz CT molecular complexity index is 284. The van der Waals surface area contributed by atoms with Gasteiger partial charge in [-0.25, -0.2) is 4.57 Å². The number of unbranched alkanes of at least 4 members (excludes halogenated alkanes) is 7. The maximum absolute atomic E-state index is 11.8. The average Bonchev–Trinajstić information content (AvgIpc) is 2.50. The van der Waals surface area contributed by atoms with Gasteiger partial charge in [0, 0.05) is 0 Å². The van der Waals surface area contributed by atoms with Gasteiger partial charge in [0.1, 0.15) is 0 Å². The van der Waals surface area contributed by atoms with Gasteiger partial charge in [0.15, 0.2) is 0 Å². The molecule has 0 spiro atoms. The number of rotatable bonds is 16. The fraction of sp³-hybridized carbons (Fsp3) is 1.00. The number of hydrogen-bond acceptors (Lipinski definition) is 3. The second kappa shape index (κ2) is 14.7. The van der Waals surface area contributed by atoms with Gasteiger partial charge in [0.05, 0.1) is 13.2 Å². The lowest BCUT2D eigenvalue weighted by Crippen LogP contribution is -2.09. The van der Waals surface area contributed by atoms with Crippen LogP contribution in [0.1, 0.15) is 91.4 Å². The second-order valence-electron chi connectivity index (χ2n) is 6.14. The molecule has 2 unspecified atom stereocenters. The lowest BCUT2D eigenvalue weighted by molar-refractivity contribution is 0.125. The third-order valence-corrected chi connectivity index (χ3v) is 5.00. The highest BCUT2D eigenvalue weighted by Crippen LogP contribution is 2.44. The number of phosphoric acid groups is 1. The molecule has 2 atom stereocenters. The summed E-state index contributed by atoms with van der Waals surface area (Å²) in [7, 11) is -3.86. The van der Waals surface area contributed by atoms with Crippen molar-refractivity contribution in [3.05, 3.63) is 0 Å². The van der Waals surface area contributed by atoms with E-state index in [0.29, 0.717) is 19.1 Å². The molecule has 0 radical (unpaired) electrons. The molecule has 0 aromatic heterocycles. The molecule has 0 aliphatic carbocycles. The summed E-state index contributed by atoms with van der Waals surface area (Å²) in [4.78, 5) is 9.67. The molecule has 0 saturated carbocycles. The molecule has 0 rings (SSSR count).